The number of ether oxygens (including phenoxy) is 1. The molecule has 2 rings (SSSR count). The van der Waals surface area contributed by atoms with Crippen molar-refractivity contribution in [1.82, 2.24) is 9.97 Å². The highest BCUT2D eigenvalue weighted by molar-refractivity contribution is 5.64. The third-order valence-corrected chi connectivity index (χ3v) is 3.25. The van der Waals surface area contributed by atoms with E-state index in [4.69, 9.17) is 15.7 Å². The van der Waals surface area contributed by atoms with E-state index in [0.29, 0.717) is 17.5 Å². The molecule has 100 valence electrons. The normalized spacial score (nSPS) is 19.1. The maximum Gasteiger partial charge on any atom is 0.205 e. The Kier molecular flexibility index (Phi) is 4.16. The molecule has 18 heavy (non-hydrogen) atoms. The lowest BCUT2D eigenvalue weighted by molar-refractivity contribution is 0.263. The molecular formula is C11H19N5O2. The van der Waals surface area contributed by atoms with Gasteiger partial charge in [-0.2, -0.15) is 0 Å². The Bertz CT molecular complexity index is 401. The van der Waals surface area contributed by atoms with Gasteiger partial charge in [0.25, 0.3) is 0 Å². The minimum Gasteiger partial charge on any atom is -0.490 e. The van der Waals surface area contributed by atoms with E-state index in [2.05, 4.69) is 20.3 Å². The molecule has 0 spiro atoms. The number of hydrogen-bond acceptors (Lipinski definition) is 7. The van der Waals surface area contributed by atoms with Crippen LogP contribution in [0.3, 0.4) is 0 Å². The molecule has 1 saturated heterocycles. The second-order valence-electron chi connectivity index (χ2n) is 4.34. The molecule has 7 heteroatoms. The van der Waals surface area contributed by atoms with E-state index >= 15 is 0 Å². The van der Waals surface area contributed by atoms with Gasteiger partial charge in [-0.25, -0.2) is 15.8 Å². The molecule has 0 saturated carbocycles. The molecular weight excluding hydrogens is 234 g/mol. The lowest BCUT2D eigenvalue weighted by Gasteiger charge is -2.20. The molecule has 1 atom stereocenters. The molecule has 0 aromatic carbocycles. The number of nitrogens with two attached hydrogens (primary N) is 1. The number of aliphatic hydroxyl groups excluding tert-OH is 1. The van der Waals surface area contributed by atoms with Crippen molar-refractivity contribution in [2.45, 2.75) is 12.8 Å². The van der Waals surface area contributed by atoms with Crippen molar-refractivity contribution in [3.8, 4) is 5.75 Å². The van der Waals surface area contributed by atoms with Crippen molar-refractivity contribution in [3.63, 3.8) is 0 Å². The first-order valence-electron chi connectivity index (χ1n) is 6.01. The number of hydrazine groups is 1. The monoisotopic (exact) mass is 253 g/mol. The standard InChI is InChI=1S/C11H19N5O2/c1-18-9-10(15-12)13-7-14-11(9)16-4-2-8(6-16)3-5-17/h7-8,17H,2-6,12H2,1H3,(H,13,14,15). The Balaban J connectivity index is 2.18. The molecule has 1 unspecified atom stereocenters. The van der Waals surface area contributed by atoms with E-state index in [9.17, 15) is 0 Å². The molecule has 1 fully saturated rings. The van der Waals surface area contributed by atoms with Gasteiger partial charge in [0.05, 0.1) is 7.11 Å². The van der Waals surface area contributed by atoms with Crippen LogP contribution in [0, 0.1) is 5.92 Å². The van der Waals surface area contributed by atoms with Crippen molar-refractivity contribution >= 4 is 11.6 Å². The van der Waals surface area contributed by atoms with Gasteiger partial charge < -0.3 is 20.2 Å². The largest absolute Gasteiger partial charge is 0.490 e. The predicted molar refractivity (Wildman–Crippen MR) is 68.4 cm³/mol. The van der Waals surface area contributed by atoms with E-state index in [1.165, 1.54) is 6.33 Å². The number of nitrogen functional groups attached to an aromatic ring is 1. The molecule has 1 aliphatic rings. The summed E-state index contributed by atoms with van der Waals surface area (Å²) in [4.78, 5) is 10.4. The van der Waals surface area contributed by atoms with Crippen LogP contribution in [0.1, 0.15) is 12.8 Å². The van der Waals surface area contributed by atoms with Gasteiger partial charge in [0.15, 0.2) is 11.6 Å². The molecule has 1 aromatic rings. The Labute approximate surface area is 106 Å². The third kappa shape index (κ3) is 2.46. The molecule has 2 heterocycles. The zero-order valence-electron chi connectivity index (χ0n) is 10.5. The van der Waals surface area contributed by atoms with Gasteiger partial charge in [0.2, 0.25) is 5.75 Å². The topological polar surface area (TPSA) is 96.5 Å². The number of aromatic nitrogens is 2. The third-order valence-electron chi connectivity index (χ3n) is 3.25. The first kappa shape index (κ1) is 12.8. The molecule has 0 aliphatic carbocycles. The van der Waals surface area contributed by atoms with Gasteiger partial charge in [0.1, 0.15) is 6.33 Å². The summed E-state index contributed by atoms with van der Waals surface area (Å²) in [5, 5.41) is 8.97. The summed E-state index contributed by atoms with van der Waals surface area (Å²) in [5.41, 5.74) is 2.50. The van der Waals surface area contributed by atoms with Crippen molar-refractivity contribution in [2.24, 2.45) is 11.8 Å². The summed E-state index contributed by atoms with van der Waals surface area (Å²) in [6.07, 6.45) is 3.34. The summed E-state index contributed by atoms with van der Waals surface area (Å²) in [7, 11) is 1.57. The van der Waals surface area contributed by atoms with E-state index in [1.54, 1.807) is 7.11 Å². The first-order valence-corrected chi connectivity index (χ1v) is 6.01. The van der Waals surface area contributed by atoms with Gasteiger partial charge in [-0.15, -0.1) is 0 Å². The number of hydrogen-bond donors (Lipinski definition) is 3. The van der Waals surface area contributed by atoms with Crippen molar-refractivity contribution in [3.05, 3.63) is 6.33 Å². The van der Waals surface area contributed by atoms with Gasteiger partial charge in [-0.3, -0.25) is 0 Å². The summed E-state index contributed by atoms with van der Waals surface area (Å²) in [5.74, 6) is 7.69. The molecule has 1 aromatic heterocycles. The summed E-state index contributed by atoms with van der Waals surface area (Å²) in [6, 6.07) is 0. The lowest BCUT2D eigenvalue weighted by atomic mass is 10.1. The first-order chi connectivity index (χ1) is 8.80. The van der Waals surface area contributed by atoms with Crippen molar-refractivity contribution < 1.29 is 9.84 Å². The Morgan fingerprint density at radius 3 is 3.11 bits per heavy atom. The van der Waals surface area contributed by atoms with Crippen molar-refractivity contribution in [2.75, 3.05) is 37.1 Å². The smallest absolute Gasteiger partial charge is 0.205 e. The van der Waals surface area contributed by atoms with Gasteiger partial charge in [-0.1, -0.05) is 0 Å². The summed E-state index contributed by atoms with van der Waals surface area (Å²) >= 11 is 0. The number of nitrogens with one attached hydrogen (secondary N) is 1. The lowest BCUT2D eigenvalue weighted by Crippen LogP contribution is -2.23. The summed E-state index contributed by atoms with van der Waals surface area (Å²) in [6.45, 7) is 2.01. The van der Waals surface area contributed by atoms with Crippen LogP contribution in [0.5, 0.6) is 5.75 Å². The molecule has 0 bridgehead atoms. The quantitative estimate of drug-likeness (QED) is 0.501. The van der Waals surface area contributed by atoms with E-state index in [0.717, 1.165) is 31.7 Å². The number of aliphatic hydroxyl groups is 1. The predicted octanol–water partition coefficient (Wildman–Crippen LogP) is -0.0205. The molecule has 4 N–H and O–H groups in total. The van der Waals surface area contributed by atoms with Crippen LogP contribution in [0.25, 0.3) is 0 Å². The minimum atomic E-state index is 0.231. The van der Waals surface area contributed by atoms with Crippen molar-refractivity contribution in [1.29, 1.82) is 0 Å². The number of nitrogens with zero attached hydrogens (tertiary/aromatic N) is 3. The minimum absolute atomic E-state index is 0.231. The average Bonchev–Trinajstić information content (AvgIpc) is 2.86. The highest BCUT2D eigenvalue weighted by Crippen LogP contribution is 2.34. The number of rotatable bonds is 5. The Morgan fingerprint density at radius 2 is 2.44 bits per heavy atom. The second-order valence-corrected chi connectivity index (χ2v) is 4.34. The van der Waals surface area contributed by atoms with Crippen LogP contribution >= 0.6 is 0 Å². The van der Waals surface area contributed by atoms with Crippen LogP contribution < -0.4 is 20.9 Å². The fourth-order valence-electron chi connectivity index (χ4n) is 2.32. The molecule has 0 radical (unpaired) electrons. The van der Waals surface area contributed by atoms with Crippen LogP contribution in [0.4, 0.5) is 11.6 Å². The summed E-state index contributed by atoms with van der Waals surface area (Å²) < 4.78 is 5.32. The Hall–Kier alpha value is -1.60. The second kappa shape index (κ2) is 5.83. The van der Waals surface area contributed by atoms with Gasteiger partial charge in [-0.05, 0) is 18.8 Å². The zero-order chi connectivity index (χ0) is 13.0. The van der Waals surface area contributed by atoms with Gasteiger partial charge >= 0.3 is 0 Å². The highest BCUT2D eigenvalue weighted by Gasteiger charge is 2.26. The molecule has 1 aliphatic heterocycles. The van der Waals surface area contributed by atoms with Gasteiger partial charge in [0, 0.05) is 19.7 Å². The van der Waals surface area contributed by atoms with Crippen LogP contribution in [0.15, 0.2) is 6.33 Å². The van der Waals surface area contributed by atoms with E-state index in [1.807, 2.05) is 0 Å². The van der Waals surface area contributed by atoms with E-state index in [-0.39, 0.29) is 6.61 Å². The van der Waals surface area contributed by atoms with Crippen LogP contribution in [-0.4, -0.2) is 41.9 Å². The maximum absolute atomic E-state index is 8.97. The van der Waals surface area contributed by atoms with E-state index < -0.39 is 0 Å². The van der Waals surface area contributed by atoms with Crippen LogP contribution in [-0.2, 0) is 0 Å². The molecule has 0 amide bonds. The molecule has 7 nitrogen and oxygen atoms in total. The number of anilines is 2. The fraction of sp³-hybridized carbons (Fsp3) is 0.636. The SMILES string of the molecule is COc1c(NN)ncnc1N1CCC(CCO)C1. The average molecular weight is 253 g/mol. The Morgan fingerprint density at radius 1 is 1.61 bits per heavy atom. The number of methoxy groups -OCH3 is 1. The maximum atomic E-state index is 8.97. The van der Waals surface area contributed by atoms with Crippen LogP contribution in [0.2, 0.25) is 0 Å². The zero-order valence-corrected chi connectivity index (χ0v) is 10.5. The highest BCUT2D eigenvalue weighted by atomic mass is 16.5. The fourth-order valence-corrected chi connectivity index (χ4v) is 2.32.